The standard InChI is InChI=1S/C18H14ClNO3S/c19-14-6-8-15(9-7-14)23-11-10-20-17(21)16(24-18(20)22)12-13-4-2-1-3-5-13/h1-9,12H,10-11H2/b16-12+. The van der Waals surface area contributed by atoms with Crippen LogP contribution in [0.5, 0.6) is 5.75 Å². The molecule has 24 heavy (non-hydrogen) atoms. The van der Waals surface area contributed by atoms with Crippen LogP contribution < -0.4 is 4.74 Å². The van der Waals surface area contributed by atoms with Crippen molar-refractivity contribution >= 4 is 40.6 Å². The Morgan fingerprint density at radius 3 is 2.46 bits per heavy atom. The lowest BCUT2D eigenvalue weighted by molar-refractivity contribution is -0.123. The lowest BCUT2D eigenvalue weighted by Crippen LogP contribution is -2.32. The van der Waals surface area contributed by atoms with Crippen molar-refractivity contribution in [3.05, 3.63) is 70.1 Å². The zero-order valence-electron chi connectivity index (χ0n) is 12.6. The summed E-state index contributed by atoms with van der Waals surface area (Å²) in [5, 5.41) is 0.348. The summed E-state index contributed by atoms with van der Waals surface area (Å²) in [6.07, 6.45) is 1.73. The van der Waals surface area contributed by atoms with Gasteiger partial charge in [-0.2, -0.15) is 0 Å². The smallest absolute Gasteiger partial charge is 0.293 e. The normalized spacial score (nSPS) is 16.0. The topological polar surface area (TPSA) is 46.6 Å². The molecule has 1 heterocycles. The summed E-state index contributed by atoms with van der Waals surface area (Å²) < 4.78 is 5.54. The van der Waals surface area contributed by atoms with Crippen LogP contribution in [0.3, 0.4) is 0 Å². The molecule has 0 aromatic heterocycles. The first kappa shape index (κ1) is 16.6. The van der Waals surface area contributed by atoms with E-state index in [9.17, 15) is 9.59 Å². The Hall–Kier alpha value is -2.24. The van der Waals surface area contributed by atoms with Crippen LogP contribution in [0, 0.1) is 0 Å². The molecule has 1 aliphatic heterocycles. The minimum Gasteiger partial charge on any atom is -0.492 e. The average Bonchev–Trinajstić information content (AvgIpc) is 2.85. The minimum absolute atomic E-state index is 0.208. The molecule has 0 spiro atoms. The van der Waals surface area contributed by atoms with E-state index in [1.807, 2.05) is 30.3 Å². The molecule has 0 bridgehead atoms. The Labute approximate surface area is 149 Å². The monoisotopic (exact) mass is 359 g/mol. The molecule has 1 aliphatic rings. The number of carbonyl (C=O) groups excluding carboxylic acids is 2. The highest BCUT2D eigenvalue weighted by Crippen LogP contribution is 2.32. The van der Waals surface area contributed by atoms with Crippen molar-refractivity contribution in [2.45, 2.75) is 0 Å². The predicted molar refractivity (Wildman–Crippen MR) is 96.1 cm³/mol. The summed E-state index contributed by atoms with van der Waals surface area (Å²) in [7, 11) is 0. The highest BCUT2D eigenvalue weighted by molar-refractivity contribution is 8.18. The van der Waals surface area contributed by atoms with Gasteiger partial charge in [0.05, 0.1) is 11.4 Å². The molecule has 0 radical (unpaired) electrons. The first-order valence-corrected chi connectivity index (χ1v) is 8.52. The van der Waals surface area contributed by atoms with E-state index in [1.54, 1.807) is 30.3 Å². The maximum Gasteiger partial charge on any atom is 0.293 e. The number of rotatable bonds is 5. The highest BCUT2D eigenvalue weighted by atomic mass is 35.5. The minimum atomic E-state index is -0.284. The van der Waals surface area contributed by atoms with Gasteiger partial charge >= 0.3 is 0 Å². The van der Waals surface area contributed by atoms with E-state index in [1.165, 1.54) is 4.90 Å². The first-order valence-electron chi connectivity index (χ1n) is 7.32. The molecule has 2 amide bonds. The number of hydrogen-bond donors (Lipinski definition) is 0. The molecule has 0 N–H and O–H groups in total. The Morgan fingerprint density at radius 2 is 1.75 bits per heavy atom. The van der Waals surface area contributed by atoms with E-state index in [4.69, 9.17) is 16.3 Å². The summed E-state index contributed by atoms with van der Waals surface area (Å²) in [5.74, 6) is 0.361. The van der Waals surface area contributed by atoms with Crippen LogP contribution in [0.4, 0.5) is 4.79 Å². The van der Waals surface area contributed by atoms with E-state index in [0.29, 0.717) is 15.7 Å². The fourth-order valence-corrected chi connectivity index (χ4v) is 3.17. The average molecular weight is 360 g/mol. The van der Waals surface area contributed by atoms with Crippen LogP contribution in [-0.4, -0.2) is 29.2 Å². The Morgan fingerprint density at radius 1 is 1.04 bits per heavy atom. The molecule has 0 atom stereocenters. The van der Waals surface area contributed by atoms with Gasteiger partial charge < -0.3 is 4.74 Å². The van der Waals surface area contributed by atoms with Gasteiger partial charge in [0.25, 0.3) is 11.1 Å². The number of carbonyl (C=O) groups is 2. The van der Waals surface area contributed by atoms with E-state index in [-0.39, 0.29) is 24.3 Å². The molecule has 1 fully saturated rings. The van der Waals surface area contributed by atoms with Gasteiger partial charge in [-0.15, -0.1) is 0 Å². The zero-order chi connectivity index (χ0) is 16.9. The third-order valence-corrected chi connectivity index (χ3v) is 4.53. The molecule has 2 aromatic rings. The van der Waals surface area contributed by atoms with Gasteiger partial charge in [0, 0.05) is 5.02 Å². The van der Waals surface area contributed by atoms with Crippen LogP contribution in [0.15, 0.2) is 59.5 Å². The molecular weight excluding hydrogens is 346 g/mol. The maximum atomic E-state index is 12.4. The molecule has 1 saturated heterocycles. The summed E-state index contributed by atoms with van der Waals surface area (Å²) >= 11 is 6.76. The number of imide groups is 1. The molecular formula is C18H14ClNO3S. The van der Waals surface area contributed by atoms with E-state index in [2.05, 4.69) is 0 Å². The lowest BCUT2D eigenvalue weighted by Gasteiger charge is -2.13. The Balaban J connectivity index is 1.60. The van der Waals surface area contributed by atoms with Crippen molar-refractivity contribution in [3.63, 3.8) is 0 Å². The van der Waals surface area contributed by atoms with E-state index in [0.717, 1.165) is 17.3 Å². The first-order chi connectivity index (χ1) is 11.6. The van der Waals surface area contributed by atoms with Crippen molar-refractivity contribution < 1.29 is 14.3 Å². The van der Waals surface area contributed by atoms with Gasteiger partial charge in [0.2, 0.25) is 0 Å². The quantitative estimate of drug-likeness (QED) is 0.740. The van der Waals surface area contributed by atoms with Crippen molar-refractivity contribution in [2.24, 2.45) is 0 Å². The number of benzene rings is 2. The number of halogens is 1. The third-order valence-electron chi connectivity index (χ3n) is 3.37. The summed E-state index contributed by atoms with van der Waals surface area (Å²) in [4.78, 5) is 26.0. The van der Waals surface area contributed by atoms with Crippen molar-refractivity contribution in [3.8, 4) is 5.75 Å². The molecule has 3 rings (SSSR count). The molecule has 0 aliphatic carbocycles. The SMILES string of the molecule is O=C1S/C(=C/c2ccccc2)C(=O)N1CCOc1ccc(Cl)cc1. The van der Waals surface area contributed by atoms with Crippen LogP contribution in [0.1, 0.15) is 5.56 Å². The summed E-state index contributed by atoms with van der Waals surface area (Å²) in [6, 6.07) is 16.4. The highest BCUT2D eigenvalue weighted by Gasteiger charge is 2.34. The maximum absolute atomic E-state index is 12.4. The number of thioether (sulfide) groups is 1. The van der Waals surface area contributed by atoms with Gasteiger partial charge in [0.15, 0.2) is 0 Å². The number of nitrogens with zero attached hydrogens (tertiary/aromatic N) is 1. The van der Waals surface area contributed by atoms with E-state index < -0.39 is 0 Å². The second-order valence-electron chi connectivity index (χ2n) is 5.05. The summed E-state index contributed by atoms with van der Waals surface area (Å²) in [5.41, 5.74) is 0.889. The Bertz CT molecular complexity index is 775. The Kier molecular flexibility index (Phi) is 5.23. The van der Waals surface area contributed by atoms with Crippen molar-refractivity contribution in [1.29, 1.82) is 0 Å². The van der Waals surface area contributed by atoms with Crippen molar-refractivity contribution in [1.82, 2.24) is 4.90 Å². The molecule has 2 aromatic carbocycles. The summed E-state index contributed by atoms with van der Waals surface area (Å²) in [6.45, 7) is 0.442. The fourth-order valence-electron chi connectivity index (χ4n) is 2.18. The second kappa shape index (κ2) is 7.55. The number of ether oxygens (including phenoxy) is 1. The van der Waals surface area contributed by atoms with Gasteiger partial charge in [-0.3, -0.25) is 14.5 Å². The molecule has 122 valence electrons. The van der Waals surface area contributed by atoms with Gasteiger partial charge in [-0.1, -0.05) is 41.9 Å². The third kappa shape index (κ3) is 3.99. The number of hydrogen-bond acceptors (Lipinski definition) is 4. The largest absolute Gasteiger partial charge is 0.492 e. The van der Waals surface area contributed by atoms with Crippen molar-refractivity contribution in [2.75, 3.05) is 13.2 Å². The second-order valence-corrected chi connectivity index (χ2v) is 6.48. The van der Waals surface area contributed by atoms with Crippen LogP contribution in [0.25, 0.3) is 6.08 Å². The van der Waals surface area contributed by atoms with Crippen LogP contribution in [0.2, 0.25) is 5.02 Å². The fraction of sp³-hybridized carbons (Fsp3) is 0.111. The predicted octanol–water partition coefficient (Wildman–Crippen LogP) is 4.46. The molecule has 4 nitrogen and oxygen atoms in total. The number of amides is 2. The van der Waals surface area contributed by atoms with E-state index >= 15 is 0 Å². The zero-order valence-corrected chi connectivity index (χ0v) is 14.2. The van der Waals surface area contributed by atoms with Gasteiger partial charge in [-0.25, -0.2) is 0 Å². The van der Waals surface area contributed by atoms with Crippen LogP contribution in [-0.2, 0) is 4.79 Å². The molecule has 0 unspecified atom stereocenters. The molecule has 0 saturated carbocycles. The molecule has 6 heteroatoms. The van der Waals surface area contributed by atoms with Crippen LogP contribution >= 0.6 is 23.4 Å². The lowest BCUT2D eigenvalue weighted by atomic mass is 10.2. The van der Waals surface area contributed by atoms with Gasteiger partial charge in [-0.05, 0) is 47.7 Å². The van der Waals surface area contributed by atoms with Gasteiger partial charge in [0.1, 0.15) is 12.4 Å².